The Morgan fingerprint density at radius 2 is 1.73 bits per heavy atom. The van der Waals surface area contributed by atoms with Crippen molar-refractivity contribution in [1.82, 2.24) is 0 Å². The Balaban J connectivity index is 2.94. The van der Waals surface area contributed by atoms with Crippen molar-refractivity contribution in [2.24, 2.45) is 0 Å². The molecular formula is C8H5ClF3O2S-. The van der Waals surface area contributed by atoms with Crippen molar-refractivity contribution in [2.75, 3.05) is 0 Å². The normalized spacial score (nSPS) is 16.1. The molecular weight excluding hydrogens is 253 g/mol. The van der Waals surface area contributed by atoms with Gasteiger partial charge in [-0.2, -0.15) is 13.2 Å². The van der Waals surface area contributed by atoms with Gasteiger partial charge in [-0.25, -0.2) is 0 Å². The molecule has 0 amide bonds. The van der Waals surface area contributed by atoms with Gasteiger partial charge in [0.1, 0.15) is 0 Å². The first-order valence-corrected chi connectivity index (χ1v) is 5.23. The molecule has 7 heteroatoms. The van der Waals surface area contributed by atoms with Crippen LogP contribution in [0.2, 0.25) is 0 Å². The second-order valence-corrected chi connectivity index (χ2v) is 4.09. The molecule has 1 aromatic carbocycles. The zero-order valence-electron chi connectivity index (χ0n) is 7.12. The minimum atomic E-state index is -4.54. The van der Waals surface area contributed by atoms with E-state index in [1.54, 1.807) is 0 Å². The SMILES string of the molecule is O=S([O-])c1ccc(C(Cl)C(F)(F)F)cc1. The topological polar surface area (TPSA) is 40.1 Å². The monoisotopic (exact) mass is 257 g/mol. The van der Waals surface area contributed by atoms with Crippen LogP contribution in [0.25, 0.3) is 0 Å². The van der Waals surface area contributed by atoms with Gasteiger partial charge in [0.2, 0.25) is 0 Å². The molecule has 0 aliphatic carbocycles. The van der Waals surface area contributed by atoms with Crippen molar-refractivity contribution >= 4 is 22.7 Å². The van der Waals surface area contributed by atoms with Gasteiger partial charge in [0, 0.05) is 4.90 Å². The summed E-state index contributed by atoms with van der Waals surface area (Å²) in [7, 11) is 0. The molecule has 2 atom stereocenters. The molecule has 0 bridgehead atoms. The van der Waals surface area contributed by atoms with Crippen LogP contribution >= 0.6 is 11.6 Å². The van der Waals surface area contributed by atoms with Gasteiger partial charge >= 0.3 is 6.18 Å². The third kappa shape index (κ3) is 3.19. The molecule has 0 spiro atoms. The highest BCUT2D eigenvalue weighted by Crippen LogP contribution is 2.37. The molecule has 0 aromatic heterocycles. The maximum atomic E-state index is 12.1. The Bertz CT molecular complexity index is 363. The summed E-state index contributed by atoms with van der Waals surface area (Å²) in [5, 5.41) is -2.12. The molecule has 1 rings (SSSR count). The first-order chi connectivity index (χ1) is 6.82. The lowest BCUT2D eigenvalue weighted by Crippen LogP contribution is -2.15. The third-order valence-corrected chi connectivity index (χ3v) is 2.81. The van der Waals surface area contributed by atoms with Crippen LogP contribution in [0.4, 0.5) is 13.2 Å². The Morgan fingerprint density at radius 3 is 2.07 bits per heavy atom. The van der Waals surface area contributed by atoms with Gasteiger partial charge in [0.25, 0.3) is 0 Å². The summed E-state index contributed by atoms with van der Waals surface area (Å²) >= 11 is 2.69. The van der Waals surface area contributed by atoms with Crippen LogP contribution in [0, 0.1) is 0 Å². The summed E-state index contributed by atoms with van der Waals surface area (Å²) in [6.07, 6.45) is -4.54. The van der Waals surface area contributed by atoms with Crippen LogP contribution in [-0.4, -0.2) is 14.9 Å². The van der Waals surface area contributed by atoms with Crippen molar-refractivity contribution in [3.05, 3.63) is 29.8 Å². The zero-order chi connectivity index (χ0) is 11.6. The smallest absolute Gasteiger partial charge is 0.408 e. The molecule has 0 aliphatic rings. The summed E-state index contributed by atoms with van der Waals surface area (Å²) < 4.78 is 57.3. The summed E-state index contributed by atoms with van der Waals surface area (Å²) in [5.74, 6) is 0. The van der Waals surface area contributed by atoms with E-state index < -0.39 is 22.6 Å². The number of hydrogen-bond donors (Lipinski definition) is 0. The summed E-state index contributed by atoms with van der Waals surface area (Å²) in [6.45, 7) is 0. The van der Waals surface area contributed by atoms with Gasteiger partial charge in [-0.05, 0) is 28.8 Å². The minimum Gasteiger partial charge on any atom is -0.768 e. The van der Waals surface area contributed by atoms with Crippen molar-refractivity contribution in [1.29, 1.82) is 0 Å². The number of halogens is 4. The average Bonchev–Trinajstić information content (AvgIpc) is 2.15. The largest absolute Gasteiger partial charge is 0.768 e. The van der Waals surface area contributed by atoms with Crippen LogP contribution in [0.15, 0.2) is 29.2 Å². The lowest BCUT2D eigenvalue weighted by atomic mass is 10.1. The van der Waals surface area contributed by atoms with Crippen molar-refractivity contribution in [3.63, 3.8) is 0 Å². The van der Waals surface area contributed by atoms with Gasteiger partial charge in [-0.15, -0.1) is 11.6 Å². The summed E-state index contributed by atoms with van der Waals surface area (Å²) in [4.78, 5) is -0.0789. The van der Waals surface area contributed by atoms with Gasteiger partial charge in [0.15, 0.2) is 5.38 Å². The van der Waals surface area contributed by atoms with Crippen LogP contribution in [0.3, 0.4) is 0 Å². The van der Waals surface area contributed by atoms with Gasteiger partial charge in [0.05, 0.1) is 0 Å². The van der Waals surface area contributed by atoms with E-state index in [0.29, 0.717) is 0 Å². The van der Waals surface area contributed by atoms with E-state index in [9.17, 15) is 21.9 Å². The van der Waals surface area contributed by atoms with E-state index in [1.807, 2.05) is 0 Å². The van der Waals surface area contributed by atoms with E-state index in [4.69, 9.17) is 11.6 Å². The highest BCUT2D eigenvalue weighted by Gasteiger charge is 2.39. The molecule has 2 unspecified atom stereocenters. The Kier molecular flexibility index (Phi) is 3.75. The van der Waals surface area contributed by atoms with Gasteiger partial charge < -0.3 is 4.55 Å². The minimum absolute atomic E-state index is 0.0789. The fourth-order valence-corrected chi connectivity index (χ4v) is 1.44. The maximum absolute atomic E-state index is 12.1. The fraction of sp³-hybridized carbons (Fsp3) is 0.250. The van der Waals surface area contributed by atoms with E-state index in [0.717, 1.165) is 24.3 Å². The highest BCUT2D eigenvalue weighted by molar-refractivity contribution is 7.79. The molecule has 15 heavy (non-hydrogen) atoms. The van der Waals surface area contributed by atoms with Crippen LogP contribution in [-0.2, 0) is 11.1 Å². The molecule has 0 fully saturated rings. The predicted octanol–water partition coefficient (Wildman–Crippen LogP) is 2.77. The molecule has 2 nitrogen and oxygen atoms in total. The maximum Gasteiger partial charge on any atom is 0.408 e. The standard InChI is InChI=1S/C8H6ClF3O2S/c9-7(8(10,11)12)5-1-3-6(4-2-5)15(13)14/h1-4,7H,(H,13,14)/p-1. The molecule has 0 N–H and O–H groups in total. The lowest BCUT2D eigenvalue weighted by Gasteiger charge is -2.14. The van der Waals surface area contributed by atoms with Crippen molar-refractivity contribution < 1.29 is 21.9 Å². The Hall–Kier alpha value is -0.590. The second kappa shape index (κ2) is 4.51. The third-order valence-electron chi connectivity index (χ3n) is 1.65. The molecule has 84 valence electrons. The Labute approximate surface area is 91.3 Å². The van der Waals surface area contributed by atoms with E-state index >= 15 is 0 Å². The number of hydrogen-bond acceptors (Lipinski definition) is 2. The summed E-state index contributed by atoms with van der Waals surface area (Å²) in [5.41, 5.74) is -0.182. The molecule has 1 aromatic rings. The fourth-order valence-electron chi connectivity index (χ4n) is 0.937. The lowest BCUT2D eigenvalue weighted by molar-refractivity contribution is -0.131. The van der Waals surface area contributed by atoms with Crippen LogP contribution < -0.4 is 0 Å². The van der Waals surface area contributed by atoms with Crippen molar-refractivity contribution in [3.8, 4) is 0 Å². The first kappa shape index (κ1) is 12.5. The predicted molar refractivity (Wildman–Crippen MR) is 48.3 cm³/mol. The number of rotatable bonds is 2. The Morgan fingerprint density at radius 1 is 1.27 bits per heavy atom. The molecule has 0 radical (unpaired) electrons. The van der Waals surface area contributed by atoms with E-state index in [-0.39, 0.29) is 10.5 Å². The van der Waals surface area contributed by atoms with Crippen LogP contribution in [0.5, 0.6) is 0 Å². The van der Waals surface area contributed by atoms with Crippen LogP contribution in [0.1, 0.15) is 10.9 Å². The molecule has 0 aliphatic heterocycles. The quantitative estimate of drug-likeness (QED) is 0.604. The zero-order valence-corrected chi connectivity index (χ0v) is 8.70. The molecule has 0 saturated heterocycles. The van der Waals surface area contributed by atoms with Gasteiger partial charge in [-0.3, -0.25) is 4.21 Å². The van der Waals surface area contributed by atoms with Gasteiger partial charge in [-0.1, -0.05) is 12.1 Å². The number of alkyl halides is 4. The first-order valence-electron chi connectivity index (χ1n) is 3.72. The highest BCUT2D eigenvalue weighted by atomic mass is 35.5. The molecule has 0 saturated carbocycles. The van der Waals surface area contributed by atoms with E-state index in [2.05, 4.69) is 0 Å². The summed E-state index contributed by atoms with van der Waals surface area (Å²) in [6, 6.07) is 4.21. The average molecular weight is 258 g/mol. The number of benzene rings is 1. The van der Waals surface area contributed by atoms with E-state index in [1.165, 1.54) is 0 Å². The van der Waals surface area contributed by atoms with Crippen molar-refractivity contribution in [2.45, 2.75) is 16.4 Å². The second-order valence-electron chi connectivity index (χ2n) is 2.71. The molecule has 0 heterocycles.